The molecule has 0 bridgehead atoms. The third kappa shape index (κ3) is 5.24. The molecule has 0 saturated heterocycles. The van der Waals surface area contributed by atoms with Crippen LogP contribution >= 0.6 is 11.6 Å². The fraction of sp³-hybridized carbons (Fsp3) is 0.259. The van der Waals surface area contributed by atoms with Gasteiger partial charge >= 0.3 is 0 Å². The van der Waals surface area contributed by atoms with Crippen molar-refractivity contribution in [3.63, 3.8) is 0 Å². The number of amides is 1. The smallest absolute Gasteiger partial charge is 0.257 e. The van der Waals surface area contributed by atoms with Crippen LogP contribution in [0.25, 0.3) is 0 Å². The quantitative estimate of drug-likeness (QED) is 0.449. The number of methoxy groups -OCH3 is 2. The summed E-state index contributed by atoms with van der Waals surface area (Å²) in [6, 6.07) is 23.0. The van der Waals surface area contributed by atoms with Crippen LogP contribution in [0.3, 0.4) is 0 Å². The van der Waals surface area contributed by atoms with Gasteiger partial charge in [0.2, 0.25) is 0 Å². The average molecular weight is 478 g/mol. The van der Waals surface area contributed by atoms with E-state index < -0.39 is 0 Å². The maximum absolute atomic E-state index is 13.5. The zero-order valence-corrected chi connectivity index (χ0v) is 20.3. The number of rotatable bonds is 8. The largest absolute Gasteiger partial charge is 0.497 e. The monoisotopic (exact) mass is 477 g/mol. The first kappa shape index (κ1) is 23.8. The summed E-state index contributed by atoms with van der Waals surface area (Å²) in [6.45, 7) is 0.890. The molecule has 0 spiro atoms. The first-order valence-corrected chi connectivity index (χ1v) is 11.5. The number of hydrogen-bond acceptors (Lipinski definition) is 5. The van der Waals surface area contributed by atoms with Gasteiger partial charge in [0.1, 0.15) is 11.5 Å². The molecule has 1 heterocycles. The lowest BCUT2D eigenvalue weighted by Crippen LogP contribution is -2.36. The van der Waals surface area contributed by atoms with Crippen molar-refractivity contribution in [2.45, 2.75) is 19.0 Å². The molecule has 34 heavy (non-hydrogen) atoms. The van der Waals surface area contributed by atoms with E-state index in [1.54, 1.807) is 19.2 Å². The van der Waals surface area contributed by atoms with Gasteiger partial charge in [-0.1, -0.05) is 60.1 Å². The molecule has 0 saturated carbocycles. The predicted molar refractivity (Wildman–Crippen MR) is 135 cm³/mol. The molecule has 1 aliphatic rings. The van der Waals surface area contributed by atoms with Gasteiger partial charge in [0.05, 0.1) is 32.5 Å². The Bertz CT molecular complexity index is 1180. The van der Waals surface area contributed by atoms with Gasteiger partial charge in [0.15, 0.2) is 0 Å². The number of nitrogens with zero attached hydrogens (tertiary/aromatic N) is 3. The molecule has 0 aromatic heterocycles. The summed E-state index contributed by atoms with van der Waals surface area (Å²) < 4.78 is 11.0. The van der Waals surface area contributed by atoms with Crippen LogP contribution in [-0.2, 0) is 11.3 Å². The lowest BCUT2D eigenvalue weighted by Gasteiger charge is -2.26. The number of ether oxygens (including phenoxy) is 2. The summed E-state index contributed by atoms with van der Waals surface area (Å²) in [5, 5.41) is 6.94. The highest BCUT2D eigenvalue weighted by Gasteiger charge is 2.35. The lowest BCUT2D eigenvalue weighted by molar-refractivity contribution is -0.134. The Kier molecular flexibility index (Phi) is 7.50. The summed E-state index contributed by atoms with van der Waals surface area (Å²) in [4.78, 5) is 15.5. The first-order chi connectivity index (χ1) is 16.5. The summed E-state index contributed by atoms with van der Waals surface area (Å²) in [6.07, 6.45) is 0.528. The number of likely N-dealkylation sites (N-methyl/N-ethyl adjacent to an activating group) is 1. The Morgan fingerprint density at radius 3 is 2.50 bits per heavy atom. The number of carbonyl (C=O) groups is 1. The Morgan fingerprint density at radius 2 is 1.79 bits per heavy atom. The number of halogens is 1. The minimum atomic E-state index is -0.315. The summed E-state index contributed by atoms with van der Waals surface area (Å²) in [7, 11) is 5.16. The topological polar surface area (TPSA) is 54.4 Å². The molecule has 6 nitrogen and oxygen atoms in total. The zero-order chi connectivity index (χ0) is 24.1. The molecule has 1 aliphatic heterocycles. The molecule has 0 N–H and O–H groups in total. The molecule has 0 radical (unpaired) electrons. The van der Waals surface area contributed by atoms with Gasteiger partial charge in [0.25, 0.3) is 5.91 Å². The molecule has 3 aromatic carbocycles. The second-order valence-electron chi connectivity index (χ2n) is 8.25. The van der Waals surface area contributed by atoms with Crippen LogP contribution in [0.1, 0.15) is 29.2 Å². The molecule has 1 atom stereocenters. The van der Waals surface area contributed by atoms with Crippen molar-refractivity contribution in [1.82, 2.24) is 9.91 Å². The van der Waals surface area contributed by atoms with E-state index in [0.29, 0.717) is 29.5 Å². The molecule has 7 heteroatoms. The molecule has 0 fully saturated rings. The summed E-state index contributed by atoms with van der Waals surface area (Å²) >= 11 is 6.46. The standard InChI is InChI=1S/C27H28ClN3O3/c1-30(17-19-9-5-4-6-10-19)18-27(32)31-25(22-14-13-20(33-2)15-26(22)34-3)16-24(29-31)21-11-7-8-12-23(21)28/h4-15,25H,16-18H2,1-3H3. The fourth-order valence-electron chi connectivity index (χ4n) is 4.19. The number of hydrazone groups is 1. The maximum Gasteiger partial charge on any atom is 0.257 e. The highest BCUT2D eigenvalue weighted by molar-refractivity contribution is 6.34. The van der Waals surface area contributed by atoms with E-state index in [2.05, 4.69) is 12.1 Å². The van der Waals surface area contributed by atoms with Gasteiger partial charge in [-0.2, -0.15) is 5.10 Å². The number of hydrogen-bond donors (Lipinski definition) is 0. The SMILES string of the molecule is COc1ccc(C2CC(c3ccccc3Cl)=NN2C(=O)CN(C)Cc2ccccc2)c(OC)c1. The molecule has 3 aromatic rings. The van der Waals surface area contributed by atoms with Crippen LogP contribution in [0.2, 0.25) is 5.02 Å². The van der Waals surface area contributed by atoms with Crippen molar-refractivity contribution < 1.29 is 14.3 Å². The van der Waals surface area contributed by atoms with Crippen molar-refractivity contribution >= 4 is 23.2 Å². The Labute approximate surface area is 205 Å². The highest BCUT2D eigenvalue weighted by Crippen LogP contribution is 2.39. The summed E-state index contributed by atoms with van der Waals surface area (Å²) in [5.41, 5.74) is 3.61. The predicted octanol–water partition coefficient (Wildman–Crippen LogP) is 5.17. The van der Waals surface area contributed by atoms with Crippen LogP contribution < -0.4 is 9.47 Å². The second-order valence-corrected chi connectivity index (χ2v) is 8.66. The van der Waals surface area contributed by atoms with Crippen LogP contribution in [0, 0.1) is 0 Å². The Morgan fingerprint density at radius 1 is 1.06 bits per heavy atom. The third-order valence-electron chi connectivity index (χ3n) is 5.85. The number of carbonyl (C=O) groups excluding carboxylic acids is 1. The van der Waals surface area contributed by atoms with Crippen LogP contribution in [0.4, 0.5) is 0 Å². The molecule has 4 rings (SSSR count). The van der Waals surface area contributed by atoms with Gasteiger partial charge in [-0.05, 0) is 30.8 Å². The van der Waals surface area contributed by atoms with Crippen molar-refractivity contribution in [3.05, 3.63) is 94.5 Å². The normalized spacial score (nSPS) is 15.4. The minimum absolute atomic E-state index is 0.0941. The lowest BCUT2D eigenvalue weighted by atomic mass is 9.97. The van der Waals surface area contributed by atoms with Gasteiger partial charge in [-0.3, -0.25) is 9.69 Å². The molecule has 1 unspecified atom stereocenters. The van der Waals surface area contributed by atoms with Crippen LogP contribution in [0.15, 0.2) is 77.9 Å². The molecular formula is C27H28ClN3O3. The molecule has 0 aliphatic carbocycles. The van der Waals surface area contributed by atoms with E-state index >= 15 is 0 Å². The number of benzene rings is 3. The molecule has 176 valence electrons. The van der Waals surface area contributed by atoms with Gasteiger partial charge < -0.3 is 9.47 Å². The van der Waals surface area contributed by atoms with Gasteiger partial charge in [0, 0.05) is 35.2 Å². The Balaban J connectivity index is 1.63. The van der Waals surface area contributed by atoms with Crippen molar-refractivity contribution in [2.75, 3.05) is 27.8 Å². The van der Waals surface area contributed by atoms with Crippen LogP contribution in [0.5, 0.6) is 11.5 Å². The van der Waals surface area contributed by atoms with Crippen molar-refractivity contribution in [1.29, 1.82) is 0 Å². The van der Waals surface area contributed by atoms with Crippen molar-refractivity contribution in [3.8, 4) is 11.5 Å². The summed E-state index contributed by atoms with van der Waals surface area (Å²) in [5.74, 6) is 1.24. The molecule has 1 amide bonds. The van der Waals surface area contributed by atoms with Crippen molar-refractivity contribution in [2.24, 2.45) is 5.10 Å². The van der Waals surface area contributed by atoms with E-state index in [9.17, 15) is 4.79 Å². The zero-order valence-electron chi connectivity index (χ0n) is 19.6. The van der Waals surface area contributed by atoms with E-state index in [0.717, 1.165) is 22.4 Å². The van der Waals surface area contributed by atoms with E-state index in [1.165, 1.54) is 0 Å². The van der Waals surface area contributed by atoms with Crippen LogP contribution in [-0.4, -0.2) is 49.3 Å². The Hall–Kier alpha value is -3.35. The van der Waals surface area contributed by atoms with E-state index in [4.69, 9.17) is 26.2 Å². The average Bonchev–Trinajstić information content (AvgIpc) is 3.29. The second kappa shape index (κ2) is 10.7. The van der Waals surface area contributed by atoms with Gasteiger partial charge in [-0.25, -0.2) is 5.01 Å². The van der Waals surface area contributed by atoms with E-state index in [-0.39, 0.29) is 18.5 Å². The first-order valence-electron chi connectivity index (χ1n) is 11.1. The minimum Gasteiger partial charge on any atom is -0.497 e. The maximum atomic E-state index is 13.5. The van der Waals surface area contributed by atoms with Gasteiger partial charge in [-0.15, -0.1) is 0 Å². The van der Waals surface area contributed by atoms with E-state index in [1.807, 2.05) is 72.6 Å². The molecular weight excluding hydrogens is 450 g/mol. The highest BCUT2D eigenvalue weighted by atomic mass is 35.5. The fourth-order valence-corrected chi connectivity index (χ4v) is 4.43. The third-order valence-corrected chi connectivity index (χ3v) is 6.18.